The number of carbonyl (C=O) groups is 1. The molecule has 0 aliphatic heterocycles. The molecule has 0 saturated heterocycles. The van der Waals surface area contributed by atoms with E-state index in [1.807, 2.05) is 47.9 Å². The second-order valence-electron chi connectivity index (χ2n) is 3.33. The van der Waals surface area contributed by atoms with Crippen LogP contribution in [0.5, 0.6) is 0 Å². The molecule has 0 atom stereocenters. The fourth-order valence-corrected chi connectivity index (χ4v) is 1.86. The zero-order valence-corrected chi connectivity index (χ0v) is 9.86. The average Bonchev–Trinajstić information content (AvgIpc) is 2.61. The van der Waals surface area contributed by atoms with Gasteiger partial charge in [0.2, 0.25) is 0 Å². The minimum atomic E-state index is 0.676. The van der Waals surface area contributed by atoms with Gasteiger partial charge in [-0.2, -0.15) is 0 Å². The highest BCUT2D eigenvalue weighted by molar-refractivity contribution is 9.10. The predicted molar refractivity (Wildman–Crippen MR) is 63.6 cm³/mol. The van der Waals surface area contributed by atoms with Crippen LogP contribution >= 0.6 is 15.9 Å². The summed E-state index contributed by atoms with van der Waals surface area (Å²) in [6.07, 6.45) is 0.870. The Labute approximate surface area is 96.7 Å². The summed E-state index contributed by atoms with van der Waals surface area (Å²) in [4.78, 5) is 10.9. The fourth-order valence-electron chi connectivity index (χ4n) is 1.59. The lowest BCUT2D eigenvalue weighted by Gasteiger charge is -2.08. The monoisotopic (exact) mass is 263 g/mol. The van der Waals surface area contributed by atoms with Gasteiger partial charge in [0, 0.05) is 15.9 Å². The topological polar surface area (TPSA) is 22.0 Å². The Balaban J connectivity index is 2.57. The van der Waals surface area contributed by atoms with Crippen molar-refractivity contribution in [3.05, 3.63) is 52.3 Å². The Hall–Kier alpha value is -1.35. The van der Waals surface area contributed by atoms with E-state index >= 15 is 0 Å². The first kappa shape index (κ1) is 10.2. The number of rotatable bonds is 2. The van der Waals surface area contributed by atoms with Gasteiger partial charge in [-0.25, -0.2) is 0 Å². The van der Waals surface area contributed by atoms with Gasteiger partial charge in [-0.05, 0) is 43.3 Å². The summed E-state index contributed by atoms with van der Waals surface area (Å²) < 4.78 is 2.96. The molecule has 0 bridgehead atoms. The van der Waals surface area contributed by atoms with Gasteiger partial charge in [0.15, 0.2) is 6.29 Å². The molecule has 2 aromatic rings. The molecule has 2 nitrogen and oxygen atoms in total. The molecule has 1 aromatic carbocycles. The van der Waals surface area contributed by atoms with E-state index in [4.69, 9.17) is 0 Å². The lowest BCUT2D eigenvalue weighted by Crippen LogP contribution is -2.00. The standard InChI is InChI=1S/C12H10BrNO/c1-9-2-5-12(8-15)14(9)11-6-3-10(13)4-7-11/h2-8H,1H3. The molecule has 76 valence electrons. The van der Waals surface area contributed by atoms with Crippen LogP contribution in [-0.2, 0) is 0 Å². The minimum Gasteiger partial charge on any atom is -0.311 e. The number of aldehydes is 1. The van der Waals surface area contributed by atoms with Crippen LogP contribution in [0.15, 0.2) is 40.9 Å². The maximum absolute atomic E-state index is 10.9. The first-order valence-electron chi connectivity index (χ1n) is 4.62. The quantitative estimate of drug-likeness (QED) is 0.762. The van der Waals surface area contributed by atoms with Crippen LogP contribution in [-0.4, -0.2) is 10.9 Å². The maximum Gasteiger partial charge on any atom is 0.166 e. The summed E-state index contributed by atoms with van der Waals surface area (Å²) in [5, 5.41) is 0. The first-order valence-corrected chi connectivity index (χ1v) is 5.41. The van der Waals surface area contributed by atoms with Gasteiger partial charge in [0.1, 0.15) is 0 Å². The van der Waals surface area contributed by atoms with Crippen LogP contribution in [0.2, 0.25) is 0 Å². The summed E-state index contributed by atoms with van der Waals surface area (Å²) in [6, 6.07) is 11.6. The molecular weight excluding hydrogens is 254 g/mol. The molecule has 1 aromatic heterocycles. The molecule has 0 aliphatic carbocycles. The van der Waals surface area contributed by atoms with Crippen molar-refractivity contribution in [3.8, 4) is 5.69 Å². The number of halogens is 1. The molecule has 2 rings (SSSR count). The highest BCUT2D eigenvalue weighted by atomic mass is 79.9. The second-order valence-corrected chi connectivity index (χ2v) is 4.24. The van der Waals surface area contributed by atoms with E-state index in [1.165, 1.54) is 0 Å². The molecule has 0 unspecified atom stereocenters. The van der Waals surface area contributed by atoms with Gasteiger partial charge in [-0.3, -0.25) is 4.79 Å². The number of aryl methyl sites for hydroxylation is 1. The van der Waals surface area contributed by atoms with Crippen LogP contribution in [0.3, 0.4) is 0 Å². The molecule has 0 amide bonds. The zero-order chi connectivity index (χ0) is 10.8. The van der Waals surface area contributed by atoms with Crippen LogP contribution in [0.4, 0.5) is 0 Å². The lowest BCUT2D eigenvalue weighted by molar-refractivity contribution is 0.111. The molecule has 1 heterocycles. The van der Waals surface area contributed by atoms with Crippen molar-refractivity contribution in [1.29, 1.82) is 0 Å². The average molecular weight is 264 g/mol. The molecule has 0 aliphatic rings. The van der Waals surface area contributed by atoms with Crippen molar-refractivity contribution in [3.63, 3.8) is 0 Å². The maximum atomic E-state index is 10.9. The van der Waals surface area contributed by atoms with Gasteiger partial charge in [-0.15, -0.1) is 0 Å². The van der Waals surface area contributed by atoms with Gasteiger partial charge in [-0.1, -0.05) is 15.9 Å². The van der Waals surface area contributed by atoms with E-state index < -0.39 is 0 Å². The summed E-state index contributed by atoms with van der Waals surface area (Å²) in [7, 11) is 0. The van der Waals surface area contributed by atoms with Crippen LogP contribution in [0.25, 0.3) is 5.69 Å². The second kappa shape index (κ2) is 4.03. The predicted octanol–water partition coefficient (Wildman–Crippen LogP) is 3.36. The Morgan fingerprint density at radius 3 is 2.40 bits per heavy atom. The molecule has 0 radical (unpaired) electrons. The summed E-state index contributed by atoms with van der Waals surface area (Å²) in [5.74, 6) is 0. The van der Waals surface area contributed by atoms with Crippen molar-refractivity contribution < 1.29 is 4.79 Å². The lowest BCUT2D eigenvalue weighted by atomic mass is 10.3. The third-order valence-electron chi connectivity index (χ3n) is 2.31. The highest BCUT2D eigenvalue weighted by Crippen LogP contribution is 2.18. The molecule has 3 heteroatoms. The van der Waals surface area contributed by atoms with Crippen LogP contribution in [0, 0.1) is 6.92 Å². The van der Waals surface area contributed by atoms with E-state index in [1.54, 1.807) is 0 Å². The molecule has 0 fully saturated rings. The minimum absolute atomic E-state index is 0.676. The van der Waals surface area contributed by atoms with E-state index in [0.29, 0.717) is 5.69 Å². The Bertz CT molecular complexity index is 485. The van der Waals surface area contributed by atoms with Crippen molar-refractivity contribution >= 4 is 22.2 Å². The number of hydrogen-bond acceptors (Lipinski definition) is 1. The number of aromatic nitrogens is 1. The number of hydrogen-bond donors (Lipinski definition) is 0. The van der Waals surface area contributed by atoms with Crippen molar-refractivity contribution in [2.24, 2.45) is 0 Å². The van der Waals surface area contributed by atoms with Crippen LogP contribution < -0.4 is 0 Å². The Morgan fingerprint density at radius 2 is 1.80 bits per heavy atom. The van der Waals surface area contributed by atoms with Gasteiger partial charge >= 0.3 is 0 Å². The number of carbonyl (C=O) groups excluding carboxylic acids is 1. The van der Waals surface area contributed by atoms with Crippen molar-refractivity contribution in [2.45, 2.75) is 6.92 Å². The van der Waals surface area contributed by atoms with E-state index in [-0.39, 0.29) is 0 Å². The van der Waals surface area contributed by atoms with E-state index in [2.05, 4.69) is 15.9 Å². The number of nitrogens with zero attached hydrogens (tertiary/aromatic N) is 1. The first-order chi connectivity index (χ1) is 7.22. The largest absolute Gasteiger partial charge is 0.311 e. The highest BCUT2D eigenvalue weighted by Gasteiger charge is 2.05. The normalized spacial score (nSPS) is 10.3. The van der Waals surface area contributed by atoms with E-state index in [9.17, 15) is 4.79 Å². The van der Waals surface area contributed by atoms with Crippen molar-refractivity contribution in [2.75, 3.05) is 0 Å². The summed E-state index contributed by atoms with van der Waals surface area (Å²) in [5.41, 5.74) is 2.73. The number of benzene rings is 1. The van der Waals surface area contributed by atoms with Gasteiger partial charge in [0.05, 0.1) is 5.69 Å². The van der Waals surface area contributed by atoms with Gasteiger partial charge in [0.25, 0.3) is 0 Å². The third-order valence-corrected chi connectivity index (χ3v) is 2.84. The Kier molecular flexibility index (Phi) is 2.73. The molecule has 0 spiro atoms. The SMILES string of the molecule is Cc1ccc(C=O)n1-c1ccc(Br)cc1. The van der Waals surface area contributed by atoms with Crippen molar-refractivity contribution in [1.82, 2.24) is 4.57 Å². The molecule has 15 heavy (non-hydrogen) atoms. The molecule has 0 N–H and O–H groups in total. The summed E-state index contributed by atoms with van der Waals surface area (Å²) in [6.45, 7) is 1.98. The molecule has 0 saturated carbocycles. The smallest absolute Gasteiger partial charge is 0.166 e. The van der Waals surface area contributed by atoms with E-state index in [0.717, 1.165) is 22.1 Å². The van der Waals surface area contributed by atoms with Crippen LogP contribution in [0.1, 0.15) is 16.2 Å². The van der Waals surface area contributed by atoms with Gasteiger partial charge < -0.3 is 4.57 Å². The third kappa shape index (κ3) is 1.88. The fraction of sp³-hybridized carbons (Fsp3) is 0.0833. The zero-order valence-electron chi connectivity index (χ0n) is 8.27. The summed E-state index contributed by atoms with van der Waals surface area (Å²) >= 11 is 3.38. The Morgan fingerprint density at radius 1 is 1.13 bits per heavy atom. The molecular formula is C12H10BrNO.